The van der Waals surface area contributed by atoms with Crippen molar-refractivity contribution in [2.75, 3.05) is 18.4 Å². The largest absolute Gasteiger partial charge is 0.490 e. The molecule has 2 aliphatic carbocycles. The number of benzene rings is 1. The first-order chi connectivity index (χ1) is 11.8. The molecule has 0 aromatic heterocycles. The third kappa shape index (κ3) is 4.29. The summed E-state index contributed by atoms with van der Waals surface area (Å²) in [7, 11) is 0. The van der Waals surface area contributed by atoms with Crippen LogP contribution in [0.5, 0.6) is 5.75 Å². The van der Waals surface area contributed by atoms with Crippen molar-refractivity contribution in [3.63, 3.8) is 0 Å². The van der Waals surface area contributed by atoms with Crippen LogP contribution in [-0.2, 0) is 4.79 Å². The van der Waals surface area contributed by atoms with E-state index in [-0.39, 0.29) is 24.2 Å². The van der Waals surface area contributed by atoms with E-state index in [1.807, 2.05) is 24.3 Å². The maximum Gasteiger partial charge on any atom is 0.228 e. The molecule has 0 bridgehead atoms. The number of anilines is 1. The predicted molar refractivity (Wildman–Crippen MR) is 102 cm³/mol. The van der Waals surface area contributed by atoms with Crippen LogP contribution < -0.4 is 15.4 Å². The van der Waals surface area contributed by atoms with Crippen LogP contribution >= 0.6 is 12.4 Å². The summed E-state index contributed by atoms with van der Waals surface area (Å²) in [4.78, 5) is 12.5. The fourth-order valence-corrected chi connectivity index (χ4v) is 4.42. The van der Waals surface area contributed by atoms with Crippen LogP contribution in [0.25, 0.3) is 0 Å². The minimum atomic E-state index is 0. The number of carbonyl (C=O) groups excluding carboxylic acids is 1. The van der Waals surface area contributed by atoms with Crippen molar-refractivity contribution in [2.24, 2.45) is 11.3 Å². The van der Waals surface area contributed by atoms with E-state index >= 15 is 0 Å². The summed E-state index contributed by atoms with van der Waals surface area (Å²) in [5.74, 6) is 1.32. The minimum Gasteiger partial charge on any atom is -0.490 e. The van der Waals surface area contributed by atoms with E-state index in [4.69, 9.17) is 4.74 Å². The van der Waals surface area contributed by atoms with Gasteiger partial charge in [0.1, 0.15) is 5.75 Å². The zero-order valence-corrected chi connectivity index (χ0v) is 15.6. The second-order valence-corrected chi connectivity index (χ2v) is 7.76. The monoisotopic (exact) mass is 364 g/mol. The zero-order chi connectivity index (χ0) is 16.4. The molecule has 0 radical (unpaired) electrons. The summed E-state index contributed by atoms with van der Waals surface area (Å²) in [6.45, 7) is 2.11. The van der Waals surface area contributed by atoms with Gasteiger partial charge in [0.15, 0.2) is 0 Å². The first-order valence-electron chi connectivity index (χ1n) is 9.54. The van der Waals surface area contributed by atoms with Crippen LogP contribution in [0.15, 0.2) is 24.3 Å². The molecular weight excluding hydrogens is 336 g/mol. The van der Waals surface area contributed by atoms with Gasteiger partial charge in [0, 0.05) is 11.6 Å². The first kappa shape index (κ1) is 18.5. The lowest BCUT2D eigenvalue weighted by Crippen LogP contribution is -2.31. The Bertz CT molecular complexity index is 578. The molecule has 1 aliphatic heterocycles. The van der Waals surface area contributed by atoms with E-state index in [1.54, 1.807) is 0 Å². The van der Waals surface area contributed by atoms with Crippen molar-refractivity contribution in [1.82, 2.24) is 5.32 Å². The highest BCUT2D eigenvalue weighted by molar-refractivity contribution is 5.95. The van der Waals surface area contributed by atoms with E-state index in [2.05, 4.69) is 10.6 Å². The molecule has 4 nitrogen and oxygen atoms in total. The van der Waals surface area contributed by atoms with E-state index < -0.39 is 0 Å². The minimum absolute atomic E-state index is 0. The van der Waals surface area contributed by atoms with Crippen LogP contribution in [0.4, 0.5) is 5.69 Å². The van der Waals surface area contributed by atoms with Gasteiger partial charge >= 0.3 is 0 Å². The molecule has 2 saturated carbocycles. The Morgan fingerprint density at radius 1 is 1.08 bits per heavy atom. The summed E-state index contributed by atoms with van der Waals surface area (Å²) in [5.41, 5.74) is 1.17. The fraction of sp³-hybridized carbons (Fsp3) is 0.650. The smallest absolute Gasteiger partial charge is 0.228 e. The second-order valence-electron chi connectivity index (χ2n) is 7.76. The molecule has 1 spiro atoms. The molecule has 1 aromatic carbocycles. The second kappa shape index (κ2) is 7.96. The lowest BCUT2D eigenvalue weighted by molar-refractivity contribution is -0.118. The van der Waals surface area contributed by atoms with Crippen molar-refractivity contribution in [3.05, 3.63) is 24.3 Å². The van der Waals surface area contributed by atoms with Crippen LogP contribution in [0.1, 0.15) is 51.4 Å². The summed E-state index contributed by atoms with van der Waals surface area (Å²) in [6.07, 6.45) is 9.92. The predicted octanol–water partition coefficient (Wildman–Crippen LogP) is 4.15. The Kier molecular flexibility index (Phi) is 5.90. The molecule has 1 heterocycles. The fourth-order valence-electron chi connectivity index (χ4n) is 4.42. The van der Waals surface area contributed by atoms with Gasteiger partial charge in [0.05, 0.1) is 6.10 Å². The standard InChI is InChI=1S/C20H28N2O2.ClH/c23-19(18-14-20(18)10-12-21-13-11-20)22-15-6-8-17(9-7-15)24-16-4-2-1-3-5-16;/h6-9,16,18,21H,1-5,10-14H2,(H,22,23);1H. The van der Waals surface area contributed by atoms with Crippen molar-refractivity contribution < 1.29 is 9.53 Å². The molecule has 1 amide bonds. The molecule has 1 unspecified atom stereocenters. The number of hydrogen-bond donors (Lipinski definition) is 2. The summed E-state index contributed by atoms with van der Waals surface area (Å²) >= 11 is 0. The molecule has 138 valence electrons. The zero-order valence-electron chi connectivity index (χ0n) is 14.8. The Labute approximate surface area is 156 Å². The molecule has 1 atom stereocenters. The number of nitrogens with one attached hydrogen (secondary N) is 2. The lowest BCUT2D eigenvalue weighted by Gasteiger charge is -2.23. The molecular formula is C20H29ClN2O2. The highest BCUT2D eigenvalue weighted by atomic mass is 35.5. The van der Waals surface area contributed by atoms with Gasteiger partial charge in [-0.15, -0.1) is 12.4 Å². The number of carbonyl (C=O) groups is 1. The van der Waals surface area contributed by atoms with Gasteiger partial charge in [-0.05, 0) is 87.7 Å². The van der Waals surface area contributed by atoms with Gasteiger partial charge in [-0.2, -0.15) is 0 Å². The van der Waals surface area contributed by atoms with E-state index in [0.717, 1.165) is 56.6 Å². The number of piperidine rings is 1. The third-order valence-electron chi connectivity index (χ3n) is 6.08. The van der Waals surface area contributed by atoms with Gasteiger partial charge in [-0.3, -0.25) is 4.79 Å². The summed E-state index contributed by atoms with van der Waals surface area (Å²) in [5, 5.41) is 6.47. The molecule has 4 rings (SSSR count). The van der Waals surface area contributed by atoms with Crippen LogP contribution in [0.3, 0.4) is 0 Å². The normalized spacial score (nSPS) is 25.0. The lowest BCUT2D eigenvalue weighted by atomic mass is 9.92. The van der Waals surface area contributed by atoms with Gasteiger partial charge in [0.25, 0.3) is 0 Å². The van der Waals surface area contributed by atoms with Gasteiger partial charge in [-0.25, -0.2) is 0 Å². The summed E-state index contributed by atoms with van der Waals surface area (Å²) < 4.78 is 6.05. The maximum absolute atomic E-state index is 12.5. The molecule has 5 heteroatoms. The van der Waals surface area contributed by atoms with Crippen molar-refractivity contribution >= 4 is 24.0 Å². The molecule has 1 saturated heterocycles. The quantitative estimate of drug-likeness (QED) is 0.843. The highest BCUT2D eigenvalue weighted by Crippen LogP contribution is 2.58. The summed E-state index contributed by atoms with van der Waals surface area (Å²) in [6, 6.07) is 7.90. The third-order valence-corrected chi connectivity index (χ3v) is 6.08. The van der Waals surface area contributed by atoms with Crippen molar-refractivity contribution in [3.8, 4) is 5.75 Å². The Balaban J connectivity index is 0.00000182. The first-order valence-corrected chi connectivity index (χ1v) is 9.54. The Morgan fingerprint density at radius 2 is 1.76 bits per heavy atom. The van der Waals surface area contributed by atoms with Crippen LogP contribution in [-0.4, -0.2) is 25.1 Å². The van der Waals surface area contributed by atoms with Crippen LogP contribution in [0.2, 0.25) is 0 Å². The van der Waals surface area contributed by atoms with E-state index in [1.165, 1.54) is 19.3 Å². The van der Waals surface area contributed by atoms with Gasteiger partial charge < -0.3 is 15.4 Å². The molecule has 1 aromatic rings. The maximum atomic E-state index is 12.5. The SMILES string of the molecule is Cl.O=C(Nc1ccc(OC2CCCCC2)cc1)C1CC12CCNCC2. The van der Waals surface area contributed by atoms with E-state index in [9.17, 15) is 4.79 Å². The average molecular weight is 365 g/mol. The highest BCUT2D eigenvalue weighted by Gasteiger charge is 2.57. The number of amides is 1. The van der Waals surface area contributed by atoms with E-state index in [0.29, 0.717) is 11.5 Å². The Hall–Kier alpha value is -1.26. The molecule has 2 N–H and O–H groups in total. The number of halogens is 1. The topological polar surface area (TPSA) is 50.4 Å². The number of rotatable bonds is 4. The molecule has 3 aliphatic rings. The molecule has 3 fully saturated rings. The number of ether oxygens (including phenoxy) is 1. The van der Waals surface area contributed by atoms with Crippen LogP contribution in [0, 0.1) is 11.3 Å². The van der Waals surface area contributed by atoms with Gasteiger partial charge in [0.2, 0.25) is 5.91 Å². The van der Waals surface area contributed by atoms with Crippen molar-refractivity contribution in [2.45, 2.75) is 57.5 Å². The molecule has 25 heavy (non-hydrogen) atoms. The van der Waals surface area contributed by atoms with Gasteiger partial charge in [-0.1, -0.05) is 6.42 Å². The van der Waals surface area contributed by atoms with Crippen molar-refractivity contribution in [1.29, 1.82) is 0 Å². The Morgan fingerprint density at radius 3 is 2.44 bits per heavy atom. The average Bonchev–Trinajstić information content (AvgIpc) is 3.31. The number of hydrogen-bond acceptors (Lipinski definition) is 3.